The van der Waals surface area contributed by atoms with Crippen LogP contribution < -0.4 is 10.9 Å². The highest BCUT2D eigenvalue weighted by molar-refractivity contribution is 7.71. The Morgan fingerprint density at radius 3 is 2.58 bits per heavy atom. The number of hydrogen-bond acceptors (Lipinski definition) is 5. The lowest BCUT2D eigenvalue weighted by molar-refractivity contribution is 0.0935. The Bertz CT molecular complexity index is 1190. The highest BCUT2D eigenvalue weighted by Gasteiger charge is 2.19. The number of H-pyrrole nitrogens is 1. The molecule has 0 aliphatic rings. The van der Waals surface area contributed by atoms with Gasteiger partial charge in [0.1, 0.15) is 0 Å². The first-order valence-electron chi connectivity index (χ1n) is 11.3. The maximum absolute atomic E-state index is 13.0. The second-order valence-electron chi connectivity index (χ2n) is 7.85. The van der Waals surface area contributed by atoms with Gasteiger partial charge in [0.15, 0.2) is 4.77 Å². The van der Waals surface area contributed by atoms with Crippen LogP contribution in [0.15, 0.2) is 53.3 Å². The van der Waals surface area contributed by atoms with Gasteiger partial charge in [0.05, 0.1) is 16.9 Å². The van der Waals surface area contributed by atoms with Gasteiger partial charge in [-0.25, -0.2) is 0 Å². The Kier molecular flexibility index (Phi) is 8.94. The smallest absolute Gasteiger partial charge is 0.262 e. The number of nitrogens with one attached hydrogen (secondary N) is 2. The van der Waals surface area contributed by atoms with Crippen molar-refractivity contribution < 1.29 is 9.53 Å². The van der Waals surface area contributed by atoms with E-state index in [0.29, 0.717) is 47.4 Å². The lowest BCUT2D eigenvalue weighted by Gasteiger charge is -2.30. The van der Waals surface area contributed by atoms with Crippen LogP contribution in [0.2, 0.25) is 0 Å². The zero-order valence-electron chi connectivity index (χ0n) is 19.5. The molecule has 2 aromatic carbocycles. The van der Waals surface area contributed by atoms with Crippen molar-refractivity contribution in [2.75, 3.05) is 33.4 Å². The quantitative estimate of drug-likeness (QED) is 0.330. The van der Waals surface area contributed by atoms with Crippen LogP contribution in [0.1, 0.15) is 42.2 Å². The predicted octanol–water partition coefficient (Wildman–Crippen LogP) is 3.91. The highest BCUT2D eigenvalue weighted by atomic mass is 32.1. The molecule has 0 bridgehead atoms. The third-order valence-electron chi connectivity index (χ3n) is 5.87. The molecule has 0 radical (unpaired) electrons. The molecule has 7 nitrogen and oxygen atoms in total. The standard InChI is InChI=1S/C25H32N4O3S/c1-4-28(5-2)22(18-10-7-6-8-11-18)17-26-23(30)19-12-13-20-21(16-19)27-25(33)29(24(20)31)14-9-15-32-3/h6-8,10-13,16,22H,4-5,9,14-15,17H2,1-3H3,(H,26,30)(H,27,33). The predicted molar refractivity (Wildman–Crippen MR) is 134 cm³/mol. The molecule has 0 spiro atoms. The molecule has 0 saturated heterocycles. The van der Waals surface area contributed by atoms with E-state index in [4.69, 9.17) is 17.0 Å². The third-order valence-corrected chi connectivity index (χ3v) is 6.19. The van der Waals surface area contributed by atoms with Gasteiger partial charge in [-0.1, -0.05) is 44.2 Å². The monoisotopic (exact) mass is 468 g/mol. The van der Waals surface area contributed by atoms with Crippen LogP contribution in [0.4, 0.5) is 0 Å². The van der Waals surface area contributed by atoms with Gasteiger partial charge in [-0.2, -0.15) is 0 Å². The molecule has 1 aromatic heterocycles. The molecule has 3 rings (SSSR count). The number of hydrogen-bond donors (Lipinski definition) is 2. The molecule has 0 aliphatic heterocycles. The van der Waals surface area contributed by atoms with Crippen LogP contribution in [0.25, 0.3) is 10.9 Å². The van der Waals surface area contributed by atoms with E-state index >= 15 is 0 Å². The van der Waals surface area contributed by atoms with Crippen molar-refractivity contribution >= 4 is 29.0 Å². The van der Waals surface area contributed by atoms with Crippen LogP contribution in [0.3, 0.4) is 0 Å². The Labute approximate surface area is 199 Å². The fourth-order valence-corrected chi connectivity index (χ4v) is 4.34. The second-order valence-corrected chi connectivity index (χ2v) is 8.24. The molecule has 1 amide bonds. The molecule has 2 N–H and O–H groups in total. The van der Waals surface area contributed by atoms with Gasteiger partial charge in [-0.05, 0) is 55.5 Å². The molecule has 176 valence electrons. The number of ether oxygens (including phenoxy) is 1. The van der Waals surface area contributed by atoms with E-state index < -0.39 is 0 Å². The number of aromatic amines is 1. The van der Waals surface area contributed by atoms with Crippen molar-refractivity contribution in [2.45, 2.75) is 32.9 Å². The van der Waals surface area contributed by atoms with E-state index in [2.05, 4.69) is 41.2 Å². The minimum Gasteiger partial charge on any atom is -0.385 e. The molecule has 3 aromatic rings. The second kappa shape index (κ2) is 11.9. The minimum absolute atomic E-state index is 0.0794. The Morgan fingerprint density at radius 1 is 1.18 bits per heavy atom. The summed E-state index contributed by atoms with van der Waals surface area (Å²) in [6, 6.07) is 15.3. The molecule has 1 heterocycles. The van der Waals surface area contributed by atoms with Gasteiger partial charge >= 0.3 is 0 Å². The summed E-state index contributed by atoms with van der Waals surface area (Å²) in [5.41, 5.74) is 2.04. The van der Waals surface area contributed by atoms with Gasteiger partial charge in [-0.3, -0.25) is 19.1 Å². The van der Waals surface area contributed by atoms with Crippen molar-refractivity contribution in [2.24, 2.45) is 0 Å². The molecule has 0 saturated carbocycles. The first-order valence-corrected chi connectivity index (χ1v) is 11.7. The van der Waals surface area contributed by atoms with E-state index in [9.17, 15) is 9.59 Å². The van der Waals surface area contributed by atoms with Crippen molar-refractivity contribution in [1.82, 2.24) is 19.8 Å². The van der Waals surface area contributed by atoms with E-state index in [1.165, 1.54) is 4.57 Å². The maximum Gasteiger partial charge on any atom is 0.262 e. The summed E-state index contributed by atoms with van der Waals surface area (Å²) in [7, 11) is 1.63. The number of nitrogens with zero attached hydrogens (tertiary/aromatic N) is 2. The lowest BCUT2D eigenvalue weighted by Crippen LogP contribution is -2.38. The van der Waals surface area contributed by atoms with Gasteiger partial charge in [0, 0.05) is 32.4 Å². The third kappa shape index (κ3) is 5.96. The number of amides is 1. The summed E-state index contributed by atoms with van der Waals surface area (Å²) < 4.78 is 6.94. The van der Waals surface area contributed by atoms with Crippen molar-refractivity contribution in [1.29, 1.82) is 0 Å². The summed E-state index contributed by atoms with van der Waals surface area (Å²) in [5, 5.41) is 3.57. The Balaban J connectivity index is 1.81. The highest BCUT2D eigenvalue weighted by Crippen LogP contribution is 2.20. The first-order chi connectivity index (χ1) is 16.0. The maximum atomic E-state index is 13.0. The summed E-state index contributed by atoms with van der Waals surface area (Å²) in [4.78, 5) is 31.3. The van der Waals surface area contributed by atoms with Gasteiger partial charge in [-0.15, -0.1) is 0 Å². The van der Waals surface area contributed by atoms with Crippen LogP contribution in [-0.4, -0.2) is 53.7 Å². The van der Waals surface area contributed by atoms with E-state index in [1.54, 1.807) is 25.3 Å². The fourth-order valence-electron chi connectivity index (χ4n) is 4.05. The van der Waals surface area contributed by atoms with Crippen LogP contribution in [-0.2, 0) is 11.3 Å². The number of methoxy groups -OCH3 is 1. The number of aromatic nitrogens is 2. The molecule has 0 fully saturated rings. The molecular weight excluding hydrogens is 436 g/mol. The fraction of sp³-hybridized carbons (Fsp3) is 0.400. The Hall–Kier alpha value is -2.81. The number of carbonyl (C=O) groups is 1. The topological polar surface area (TPSA) is 79.4 Å². The summed E-state index contributed by atoms with van der Waals surface area (Å²) >= 11 is 5.38. The average Bonchev–Trinajstić information content (AvgIpc) is 2.83. The van der Waals surface area contributed by atoms with Crippen LogP contribution >= 0.6 is 12.2 Å². The van der Waals surface area contributed by atoms with Crippen molar-refractivity contribution in [3.8, 4) is 0 Å². The van der Waals surface area contributed by atoms with Crippen molar-refractivity contribution in [3.63, 3.8) is 0 Å². The first kappa shape index (κ1) is 24.8. The zero-order chi connectivity index (χ0) is 23.8. The van der Waals surface area contributed by atoms with E-state index in [1.807, 2.05) is 18.2 Å². The molecule has 0 aliphatic carbocycles. The summed E-state index contributed by atoms with van der Waals surface area (Å²) in [6.45, 7) is 7.52. The number of carbonyl (C=O) groups excluding carboxylic acids is 1. The number of fused-ring (bicyclic) bond motifs is 1. The lowest BCUT2D eigenvalue weighted by atomic mass is 10.0. The minimum atomic E-state index is -0.187. The van der Waals surface area contributed by atoms with Gasteiger partial charge in [0.2, 0.25) is 0 Å². The number of benzene rings is 2. The molecule has 1 atom stereocenters. The Morgan fingerprint density at radius 2 is 1.91 bits per heavy atom. The summed E-state index contributed by atoms with van der Waals surface area (Å²) in [6.07, 6.45) is 0.689. The van der Waals surface area contributed by atoms with E-state index in [-0.39, 0.29) is 17.5 Å². The van der Waals surface area contributed by atoms with Gasteiger partial charge in [0.25, 0.3) is 11.5 Å². The van der Waals surface area contributed by atoms with Gasteiger partial charge < -0.3 is 15.0 Å². The number of likely N-dealkylation sites (N-methyl/N-ethyl adjacent to an activating group) is 1. The molecule has 8 heteroatoms. The normalized spacial score (nSPS) is 12.2. The molecule has 1 unspecified atom stereocenters. The molecule has 33 heavy (non-hydrogen) atoms. The van der Waals surface area contributed by atoms with Crippen LogP contribution in [0.5, 0.6) is 0 Å². The summed E-state index contributed by atoms with van der Waals surface area (Å²) in [5.74, 6) is -0.187. The molecular formula is C25H32N4O3S. The average molecular weight is 469 g/mol. The van der Waals surface area contributed by atoms with Crippen LogP contribution in [0, 0.1) is 4.77 Å². The van der Waals surface area contributed by atoms with E-state index in [0.717, 1.165) is 18.7 Å². The SMILES string of the molecule is CCN(CC)C(CNC(=O)c1ccc2c(=O)n(CCCOC)c(=S)[nH]c2c1)c1ccccc1. The zero-order valence-corrected chi connectivity index (χ0v) is 20.3. The van der Waals surface area contributed by atoms with Crippen molar-refractivity contribution in [3.05, 3.63) is 74.8 Å². The number of rotatable bonds is 11. The largest absolute Gasteiger partial charge is 0.385 e.